The van der Waals surface area contributed by atoms with Gasteiger partial charge in [-0.05, 0) is 19.4 Å². The number of aliphatic hydroxyl groups excluding tert-OH is 1. The molecule has 1 atom stereocenters. The summed E-state index contributed by atoms with van der Waals surface area (Å²) < 4.78 is 8.97. The molecule has 1 aromatic carbocycles. The van der Waals surface area contributed by atoms with E-state index < -0.39 is 6.10 Å². The van der Waals surface area contributed by atoms with Crippen molar-refractivity contribution in [3.05, 3.63) is 47.5 Å². The zero-order valence-electron chi connectivity index (χ0n) is 15.7. The summed E-state index contributed by atoms with van der Waals surface area (Å²) in [6, 6.07) is 7.85. The summed E-state index contributed by atoms with van der Waals surface area (Å²) in [6.07, 6.45) is 2.69. The van der Waals surface area contributed by atoms with E-state index in [0.29, 0.717) is 25.2 Å². The highest BCUT2D eigenvalue weighted by Crippen LogP contribution is 2.24. The van der Waals surface area contributed by atoms with E-state index in [2.05, 4.69) is 10.2 Å². The van der Waals surface area contributed by atoms with Gasteiger partial charge in [-0.3, -0.25) is 4.68 Å². The summed E-state index contributed by atoms with van der Waals surface area (Å²) in [4.78, 5) is 4.74. The number of ether oxygens (including phenoxy) is 1. The fourth-order valence-corrected chi connectivity index (χ4v) is 2.96. The van der Waals surface area contributed by atoms with Gasteiger partial charge in [0.05, 0.1) is 31.0 Å². The lowest BCUT2D eigenvalue weighted by Crippen LogP contribution is -2.17. The molecule has 1 N–H and O–H groups in total. The molecule has 3 rings (SSSR count). The lowest BCUT2D eigenvalue weighted by Gasteiger charge is -2.09. The summed E-state index contributed by atoms with van der Waals surface area (Å²) in [6.45, 7) is 4.30. The van der Waals surface area contributed by atoms with Crippen molar-refractivity contribution in [2.24, 2.45) is 7.05 Å². The molecule has 0 fully saturated rings. The number of aromatic nitrogens is 5. The SMILES string of the molecule is CCC(O)Cn1nc(Cc2ccccc2OC)nc1-c1cn(C)nc1C. The molecule has 2 heterocycles. The van der Waals surface area contributed by atoms with Gasteiger partial charge in [0.25, 0.3) is 0 Å². The molecule has 0 saturated heterocycles. The lowest BCUT2D eigenvalue weighted by atomic mass is 10.1. The Morgan fingerprint density at radius 3 is 2.65 bits per heavy atom. The van der Waals surface area contributed by atoms with Crippen molar-refractivity contribution in [2.45, 2.75) is 39.3 Å². The monoisotopic (exact) mass is 355 g/mol. The second-order valence-electron chi connectivity index (χ2n) is 6.39. The minimum Gasteiger partial charge on any atom is -0.496 e. The molecule has 0 bridgehead atoms. The van der Waals surface area contributed by atoms with E-state index in [0.717, 1.165) is 28.4 Å². The number of hydrogen-bond donors (Lipinski definition) is 1. The third-order valence-electron chi connectivity index (χ3n) is 4.37. The first-order valence-electron chi connectivity index (χ1n) is 8.76. The summed E-state index contributed by atoms with van der Waals surface area (Å²) in [5.74, 6) is 2.24. The van der Waals surface area contributed by atoms with Crippen molar-refractivity contribution >= 4 is 0 Å². The number of benzene rings is 1. The summed E-state index contributed by atoms with van der Waals surface area (Å²) in [5.41, 5.74) is 2.84. The van der Waals surface area contributed by atoms with Crippen molar-refractivity contribution in [1.82, 2.24) is 24.5 Å². The van der Waals surface area contributed by atoms with Crippen LogP contribution in [0.5, 0.6) is 5.75 Å². The molecular formula is C19H25N5O2. The van der Waals surface area contributed by atoms with Gasteiger partial charge in [-0.1, -0.05) is 25.1 Å². The number of aryl methyl sites for hydroxylation is 2. The minimum absolute atomic E-state index is 0.402. The molecule has 7 nitrogen and oxygen atoms in total. The fraction of sp³-hybridized carbons (Fsp3) is 0.421. The first-order valence-corrected chi connectivity index (χ1v) is 8.76. The van der Waals surface area contributed by atoms with Crippen molar-refractivity contribution in [1.29, 1.82) is 0 Å². The molecule has 0 spiro atoms. The summed E-state index contributed by atoms with van der Waals surface area (Å²) >= 11 is 0. The Balaban J connectivity index is 1.99. The maximum absolute atomic E-state index is 10.1. The Bertz CT molecular complexity index is 884. The van der Waals surface area contributed by atoms with E-state index in [1.54, 1.807) is 16.5 Å². The number of hydrogen-bond acceptors (Lipinski definition) is 5. The second kappa shape index (κ2) is 7.70. The van der Waals surface area contributed by atoms with Crippen molar-refractivity contribution in [2.75, 3.05) is 7.11 Å². The largest absolute Gasteiger partial charge is 0.496 e. The van der Waals surface area contributed by atoms with Crippen LogP contribution in [0.3, 0.4) is 0 Å². The minimum atomic E-state index is -0.466. The maximum Gasteiger partial charge on any atom is 0.161 e. The second-order valence-corrected chi connectivity index (χ2v) is 6.39. The molecule has 0 amide bonds. The van der Waals surface area contributed by atoms with Crippen LogP contribution < -0.4 is 4.74 Å². The van der Waals surface area contributed by atoms with Gasteiger partial charge in [-0.2, -0.15) is 10.2 Å². The highest BCUT2D eigenvalue weighted by molar-refractivity contribution is 5.57. The third-order valence-corrected chi connectivity index (χ3v) is 4.37. The molecule has 3 aromatic rings. The third kappa shape index (κ3) is 3.77. The first-order chi connectivity index (χ1) is 12.5. The number of rotatable bonds is 7. The Kier molecular flexibility index (Phi) is 5.37. The van der Waals surface area contributed by atoms with E-state index in [-0.39, 0.29) is 0 Å². The number of aliphatic hydroxyl groups is 1. The van der Waals surface area contributed by atoms with Gasteiger partial charge in [0.2, 0.25) is 0 Å². The number of nitrogens with zero attached hydrogens (tertiary/aromatic N) is 5. The van der Waals surface area contributed by atoms with E-state index >= 15 is 0 Å². The van der Waals surface area contributed by atoms with Gasteiger partial charge < -0.3 is 9.84 Å². The lowest BCUT2D eigenvalue weighted by molar-refractivity contribution is 0.145. The molecule has 7 heteroatoms. The zero-order chi connectivity index (χ0) is 18.7. The highest BCUT2D eigenvalue weighted by Gasteiger charge is 2.19. The fourth-order valence-electron chi connectivity index (χ4n) is 2.96. The van der Waals surface area contributed by atoms with Gasteiger partial charge in [-0.15, -0.1) is 0 Å². The number of para-hydroxylation sites is 1. The van der Waals surface area contributed by atoms with Crippen LogP contribution in [0.4, 0.5) is 0 Å². The Hall–Kier alpha value is -2.67. The van der Waals surface area contributed by atoms with Crippen LogP contribution >= 0.6 is 0 Å². The van der Waals surface area contributed by atoms with Crippen molar-refractivity contribution < 1.29 is 9.84 Å². The predicted molar refractivity (Wildman–Crippen MR) is 99.1 cm³/mol. The molecule has 2 aromatic heterocycles. The topological polar surface area (TPSA) is 78.0 Å². The van der Waals surface area contributed by atoms with Crippen LogP contribution in [0.15, 0.2) is 30.5 Å². The van der Waals surface area contributed by atoms with Crippen molar-refractivity contribution in [3.63, 3.8) is 0 Å². The molecule has 0 aliphatic carbocycles. The van der Waals surface area contributed by atoms with Gasteiger partial charge in [0.15, 0.2) is 11.6 Å². The maximum atomic E-state index is 10.1. The summed E-state index contributed by atoms with van der Waals surface area (Å²) in [5, 5.41) is 19.2. The normalized spacial score (nSPS) is 12.3. The Morgan fingerprint density at radius 2 is 2.00 bits per heavy atom. The van der Waals surface area contributed by atoms with E-state index in [4.69, 9.17) is 9.72 Å². The molecule has 0 aliphatic heterocycles. The average Bonchev–Trinajstić information content (AvgIpc) is 3.17. The Labute approximate surface area is 153 Å². The molecular weight excluding hydrogens is 330 g/mol. The van der Waals surface area contributed by atoms with Crippen LogP contribution in [-0.4, -0.2) is 42.9 Å². The average molecular weight is 355 g/mol. The van der Waals surface area contributed by atoms with Gasteiger partial charge >= 0.3 is 0 Å². The van der Waals surface area contributed by atoms with E-state index in [1.165, 1.54) is 0 Å². The smallest absolute Gasteiger partial charge is 0.161 e. The summed E-state index contributed by atoms with van der Waals surface area (Å²) in [7, 11) is 3.54. The highest BCUT2D eigenvalue weighted by atomic mass is 16.5. The molecule has 0 aliphatic rings. The first kappa shape index (κ1) is 18.1. The standard InChI is InChI=1S/C19H25N5O2/c1-5-15(25)11-24-19(16-12-23(3)21-13(16)2)20-18(22-24)10-14-8-6-7-9-17(14)26-4/h6-9,12,15,25H,5,10-11H2,1-4H3. The van der Waals surface area contributed by atoms with Crippen LogP contribution in [-0.2, 0) is 20.0 Å². The quantitative estimate of drug-likeness (QED) is 0.704. The molecule has 26 heavy (non-hydrogen) atoms. The zero-order valence-corrected chi connectivity index (χ0v) is 15.7. The molecule has 1 unspecified atom stereocenters. The van der Waals surface area contributed by atoms with Crippen LogP contribution in [0.2, 0.25) is 0 Å². The molecule has 0 radical (unpaired) electrons. The van der Waals surface area contributed by atoms with Crippen LogP contribution in [0.1, 0.15) is 30.4 Å². The number of methoxy groups -OCH3 is 1. The van der Waals surface area contributed by atoms with E-state index in [9.17, 15) is 5.11 Å². The Morgan fingerprint density at radius 1 is 1.23 bits per heavy atom. The predicted octanol–water partition coefficient (Wildman–Crippen LogP) is 2.36. The van der Waals surface area contributed by atoms with Gasteiger partial charge in [0, 0.05) is 25.2 Å². The van der Waals surface area contributed by atoms with Gasteiger partial charge in [0.1, 0.15) is 5.75 Å². The molecule has 0 saturated carbocycles. The van der Waals surface area contributed by atoms with Crippen LogP contribution in [0.25, 0.3) is 11.4 Å². The van der Waals surface area contributed by atoms with Gasteiger partial charge in [-0.25, -0.2) is 9.67 Å². The van der Waals surface area contributed by atoms with E-state index in [1.807, 2.05) is 51.4 Å². The van der Waals surface area contributed by atoms with Crippen LogP contribution in [0, 0.1) is 6.92 Å². The molecule has 138 valence electrons. The van der Waals surface area contributed by atoms with Crippen molar-refractivity contribution in [3.8, 4) is 17.1 Å².